The van der Waals surface area contributed by atoms with Crippen LogP contribution in [-0.2, 0) is 7.05 Å². The topological polar surface area (TPSA) is 55.9 Å². The SMILES string of the molecule is Cn1ncc(Br)c1C(NN)c1c(F)c(F)c(F)c(F)c1F. The lowest BCUT2D eigenvalue weighted by molar-refractivity contribution is 0.360. The summed E-state index contributed by atoms with van der Waals surface area (Å²) in [6, 6.07) is -1.49. The number of hydrogen-bond donors (Lipinski definition) is 2. The number of benzene rings is 1. The summed E-state index contributed by atoms with van der Waals surface area (Å²) in [7, 11) is 1.43. The molecule has 2 aromatic rings. The summed E-state index contributed by atoms with van der Waals surface area (Å²) >= 11 is 3.07. The Bertz CT molecular complexity index is 654. The molecule has 1 aromatic heterocycles. The number of nitrogens with one attached hydrogen (secondary N) is 1. The average molecular weight is 371 g/mol. The number of aryl methyl sites for hydroxylation is 1. The third kappa shape index (κ3) is 2.43. The van der Waals surface area contributed by atoms with Gasteiger partial charge in [0.15, 0.2) is 23.3 Å². The van der Waals surface area contributed by atoms with E-state index < -0.39 is 40.7 Å². The Morgan fingerprint density at radius 2 is 1.57 bits per heavy atom. The van der Waals surface area contributed by atoms with Crippen LogP contribution >= 0.6 is 15.9 Å². The van der Waals surface area contributed by atoms with Crippen molar-refractivity contribution in [3.8, 4) is 0 Å². The molecule has 1 atom stereocenters. The monoisotopic (exact) mass is 370 g/mol. The molecule has 1 aromatic carbocycles. The number of hydrogen-bond acceptors (Lipinski definition) is 3. The molecule has 0 saturated carbocycles. The van der Waals surface area contributed by atoms with Gasteiger partial charge in [-0.05, 0) is 15.9 Å². The highest BCUT2D eigenvalue weighted by atomic mass is 79.9. The van der Waals surface area contributed by atoms with Gasteiger partial charge < -0.3 is 0 Å². The summed E-state index contributed by atoms with van der Waals surface area (Å²) in [5.74, 6) is -4.99. The fourth-order valence-electron chi connectivity index (χ4n) is 1.92. The van der Waals surface area contributed by atoms with Gasteiger partial charge in [0.05, 0.1) is 28.0 Å². The van der Waals surface area contributed by atoms with E-state index >= 15 is 0 Å². The van der Waals surface area contributed by atoms with Crippen molar-refractivity contribution in [1.29, 1.82) is 0 Å². The summed E-state index contributed by atoms with van der Waals surface area (Å²) in [6.07, 6.45) is 1.30. The van der Waals surface area contributed by atoms with Crippen LogP contribution < -0.4 is 11.3 Å². The molecule has 21 heavy (non-hydrogen) atoms. The summed E-state index contributed by atoms with van der Waals surface area (Å²) in [6.45, 7) is 0. The van der Waals surface area contributed by atoms with Crippen molar-refractivity contribution in [2.75, 3.05) is 0 Å². The fourth-order valence-corrected chi connectivity index (χ4v) is 2.50. The molecule has 114 valence electrons. The molecule has 0 aliphatic carbocycles. The zero-order valence-corrected chi connectivity index (χ0v) is 12.0. The molecular formula is C11H8BrF5N4. The summed E-state index contributed by atoms with van der Waals surface area (Å²) in [5, 5.41) is 3.80. The van der Waals surface area contributed by atoms with Crippen LogP contribution in [0.2, 0.25) is 0 Å². The van der Waals surface area contributed by atoms with Crippen molar-refractivity contribution in [2.45, 2.75) is 6.04 Å². The molecule has 10 heteroatoms. The van der Waals surface area contributed by atoms with Crippen LogP contribution in [0.1, 0.15) is 17.3 Å². The number of halogens is 6. The predicted octanol–water partition coefficient (Wildman–Crippen LogP) is 2.43. The molecule has 0 bridgehead atoms. The second-order valence-corrected chi connectivity index (χ2v) is 4.94. The first kappa shape index (κ1) is 15.9. The van der Waals surface area contributed by atoms with Crippen molar-refractivity contribution in [3.05, 3.63) is 51.0 Å². The van der Waals surface area contributed by atoms with Gasteiger partial charge in [0.2, 0.25) is 5.82 Å². The normalized spacial score (nSPS) is 12.8. The molecule has 1 unspecified atom stereocenters. The Balaban J connectivity index is 2.75. The van der Waals surface area contributed by atoms with Crippen molar-refractivity contribution in [3.63, 3.8) is 0 Å². The molecule has 0 saturated heterocycles. The van der Waals surface area contributed by atoms with Crippen LogP contribution in [-0.4, -0.2) is 9.78 Å². The molecule has 0 amide bonds. The Morgan fingerprint density at radius 1 is 1.10 bits per heavy atom. The van der Waals surface area contributed by atoms with Crippen molar-refractivity contribution in [1.82, 2.24) is 15.2 Å². The lowest BCUT2D eigenvalue weighted by Crippen LogP contribution is -2.33. The highest BCUT2D eigenvalue weighted by molar-refractivity contribution is 9.10. The van der Waals surface area contributed by atoms with Gasteiger partial charge >= 0.3 is 0 Å². The van der Waals surface area contributed by atoms with E-state index in [2.05, 4.69) is 21.0 Å². The van der Waals surface area contributed by atoms with E-state index in [1.165, 1.54) is 17.9 Å². The third-order valence-electron chi connectivity index (χ3n) is 2.91. The van der Waals surface area contributed by atoms with Crippen LogP contribution in [0.5, 0.6) is 0 Å². The van der Waals surface area contributed by atoms with Gasteiger partial charge in [-0.25, -0.2) is 27.4 Å². The highest BCUT2D eigenvalue weighted by Crippen LogP contribution is 2.33. The molecule has 0 aliphatic heterocycles. The van der Waals surface area contributed by atoms with Gasteiger partial charge in [0.1, 0.15) is 0 Å². The zero-order valence-electron chi connectivity index (χ0n) is 10.4. The van der Waals surface area contributed by atoms with Gasteiger partial charge in [0.25, 0.3) is 0 Å². The number of hydrazine groups is 1. The first-order valence-corrected chi connectivity index (χ1v) is 6.25. The number of aromatic nitrogens is 2. The molecule has 1 heterocycles. The van der Waals surface area contributed by atoms with E-state index in [9.17, 15) is 22.0 Å². The van der Waals surface area contributed by atoms with E-state index in [1.807, 2.05) is 5.43 Å². The molecule has 0 spiro atoms. The van der Waals surface area contributed by atoms with Crippen LogP contribution in [0.25, 0.3) is 0 Å². The minimum atomic E-state index is -2.23. The maximum absolute atomic E-state index is 13.8. The van der Waals surface area contributed by atoms with Gasteiger partial charge in [-0.15, -0.1) is 0 Å². The smallest absolute Gasteiger partial charge is 0.200 e. The maximum atomic E-state index is 13.8. The highest BCUT2D eigenvalue weighted by Gasteiger charge is 2.33. The zero-order chi connectivity index (χ0) is 15.9. The molecular weight excluding hydrogens is 363 g/mol. The third-order valence-corrected chi connectivity index (χ3v) is 3.52. The van der Waals surface area contributed by atoms with Gasteiger partial charge in [-0.3, -0.25) is 10.5 Å². The molecule has 0 fully saturated rings. The van der Waals surface area contributed by atoms with Gasteiger partial charge in [-0.2, -0.15) is 5.10 Å². The number of nitrogens with zero attached hydrogens (tertiary/aromatic N) is 2. The lowest BCUT2D eigenvalue weighted by atomic mass is 10.0. The Hall–Kier alpha value is -1.52. The Labute approximate surface area is 123 Å². The average Bonchev–Trinajstić information content (AvgIpc) is 2.79. The van der Waals surface area contributed by atoms with E-state index in [0.29, 0.717) is 0 Å². The van der Waals surface area contributed by atoms with Crippen LogP contribution in [0.3, 0.4) is 0 Å². The van der Waals surface area contributed by atoms with E-state index in [4.69, 9.17) is 5.84 Å². The molecule has 4 nitrogen and oxygen atoms in total. The lowest BCUT2D eigenvalue weighted by Gasteiger charge is -2.19. The summed E-state index contributed by atoms with van der Waals surface area (Å²) in [5.41, 5.74) is 1.04. The maximum Gasteiger partial charge on any atom is 0.200 e. The second kappa shape index (κ2) is 5.70. The van der Waals surface area contributed by atoms with Crippen molar-refractivity contribution >= 4 is 15.9 Å². The number of nitrogens with two attached hydrogens (primary N) is 1. The van der Waals surface area contributed by atoms with Crippen molar-refractivity contribution < 1.29 is 22.0 Å². The quantitative estimate of drug-likeness (QED) is 0.287. The molecule has 0 aliphatic rings. The van der Waals surface area contributed by atoms with E-state index in [-0.39, 0.29) is 10.2 Å². The molecule has 0 radical (unpaired) electrons. The minimum absolute atomic E-state index is 0.0979. The Morgan fingerprint density at radius 3 is 1.95 bits per heavy atom. The first-order chi connectivity index (χ1) is 9.81. The minimum Gasteiger partial charge on any atom is -0.271 e. The summed E-state index contributed by atoms with van der Waals surface area (Å²) in [4.78, 5) is 0. The molecule has 3 N–H and O–H groups in total. The van der Waals surface area contributed by atoms with Gasteiger partial charge in [0, 0.05) is 7.05 Å². The van der Waals surface area contributed by atoms with Gasteiger partial charge in [-0.1, -0.05) is 0 Å². The summed E-state index contributed by atoms with van der Waals surface area (Å²) < 4.78 is 68.8. The fraction of sp³-hybridized carbons (Fsp3) is 0.182. The first-order valence-electron chi connectivity index (χ1n) is 5.46. The second-order valence-electron chi connectivity index (χ2n) is 4.08. The predicted molar refractivity (Wildman–Crippen MR) is 66.3 cm³/mol. The van der Waals surface area contributed by atoms with Crippen molar-refractivity contribution in [2.24, 2.45) is 12.9 Å². The van der Waals surface area contributed by atoms with Crippen LogP contribution in [0, 0.1) is 29.1 Å². The molecule has 2 rings (SSSR count). The standard InChI is InChI=1S/C11H8BrF5N4/c1-21-11(3(12)2-19-21)10(20-18)4-5(13)7(15)9(17)8(16)6(4)14/h2,10,20H,18H2,1H3. The largest absolute Gasteiger partial charge is 0.271 e. The number of rotatable bonds is 3. The van der Waals surface area contributed by atoms with Crippen LogP contribution in [0.4, 0.5) is 22.0 Å². The Kier molecular flexibility index (Phi) is 4.30. The van der Waals surface area contributed by atoms with E-state index in [1.54, 1.807) is 0 Å². The van der Waals surface area contributed by atoms with Crippen LogP contribution in [0.15, 0.2) is 10.7 Å². The van der Waals surface area contributed by atoms with E-state index in [0.717, 1.165) is 0 Å².